The summed E-state index contributed by atoms with van der Waals surface area (Å²) in [5.41, 5.74) is -5.13. The second kappa shape index (κ2) is 31.7. The number of hydrogen-bond donors (Lipinski definition) is 8. The van der Waals surface area contributed by atoms with Crippen LogP contribution < -0.4 is 10.6 Å². The molecule has 0 aliphatic carbocycles. The molecule has 334 valence electrons. The number of amides is 2. The van der Waals surface area contributed by atoms with E-state index in [0.29, 0.717) is 11.1 Å². The van der Waals surface area contributed by atoms with E-state index in [1.807, 2.05) is 10.6 Å². The molecule has 0 bridgehead atoms. The molecule has 0 saturated carbocycles. The van der Waals surface area contributed by atoms with Crippen LogP contribution >= 0.6 is 0 Å². The molecule has 2 aromatic carbocycles. The van der Waals surface area contributed by atoms with Crippen LogP contribution in [-0.2, 0) is 87.5 Å². The van der Waals surface area contributed by atoms with Crippen LogP contribution in [0.25, 0.3) is 12.2 Å². The van der Waals surface area contributed by atoms with Gasteiger partial charge in [0.15, 0.2) is 0 Å². The number of carbonyl (C=O) groups excluding carboxylic acids is 2. The normalized spacial score (nSPS) is 12.4. The topological polar surface area (TPSA) is 440 Å². The maximum atomic E-state index is 13.0. The summed E-state index contributed by atoms with van der Waals surface area (Å²) < 4.78 is 213. The number of carbonyl (C=O) groups is 2. The van der Waals surface area contributed by atoms with Crippen LogP contribution in [-0.4, -0.2) is 318 Å². The standard InChI is InChI=1S/C24H30N2O26S6.6Na/c27-21(25-23(11-47-53(29,30)31,12-48-54(32,33)34)13-49-55(35,36)37)19-7-3-17(4-8-19)1-2-18-5-9-20(10-6-18)22(28)26-24(14-50-56(38,39)40,15-51-57(41,42)43)16-52-58(44,45)46;;;;;;/h1-10H,11-16H2,(H,25,27)(H,26,28)(H,29,30,31)(H,32,33,34)(H,35,36,37)(H,38,39,40)(H,41,42,43)(H,44,45,46);;;;;;/b2-1-;;;;;;. The number of rotatable bonds is 24. The van der Waals surface area contributed by atoms with Gasteiger partial charge in [-0.3, -0.25) is 36.9 Å². The Kier molecular flexibility index (Phi) is 37.3. The molecule has 0 fully saturated rings. The zero-order valence-electron chi connectivity index (χ0n) is 34.3. The summed E-state index contributed by atoms with van der Waals surface area (Å²) in [4.78, 5) is 26.1. The molecule has 0 heterocycles. The molecule has 0 atom stereocenters. The molecule has 2 aromatic rings. The van der Waals surface area contributed by atoms with Crippen molar-refractivity contribution in [2.75, 3.05) is 39.6 Å². The van der Waals surface area contributed by atoms with Crippen LogP contribution in [0.4, 0.5) is 0 Å². The van der Waals surface area contributed by atoms with E-state index in [1.165, 1.54) is 36.4 Å². The molecule has 64 heavy (non-hydrogen) atoms. The van der Waals surface area contributed by atoms with Crippen molar-refractivity contribution in [3.8, 4) is 0 Å². The van der Waals surface area contributed by atoms with Gasteiger partial charge in [-0.05, 0) is 35.4 Å². The van der Waals surface area contributed by atoms with Crippen molar-refractivity contribution in [3.05, 3.63) is 70.8 Å². The van der Waals surface area contributed by atoms with Crippen molar-refractivity contribution in [3.63, 3.8) is 0 Å². The van der Waals surface area contributed by atoms with Crippen LogP contribution in [0.1, 0.15) is 31.8 Å². The summed E-state index contributed by atoms with van der Waals surface area (Å²) >= 11 is 0. The summed E-state index contributed by atoms with van der Waals surface area (Å²) in [6.45, 7) is -8.84. The van der Waals surface area contributed by atoms with Crippen LogP contribution in [0.15, 0.2) is 48.5 Å². The first-order valence-corrected chi connectivity index (χ1v) is 22.6. The van der Waals surface area contributed by atoms with Gasteiger partial charge in [0.05, 0.1) is 39.6 Å². The Hall–Kier alpha value is 2.34. The molecule has 40 heteroatoms. The van der Waals surface area contributed by atoms with E-state index in [2.05, 4.69) is 25.1 Å². The first-order chi connectivity index (χ1) is 26.2. The Morgan fingerprint density at radius 1 is 0.391 bits per heavy atom. The Morgan fingerprint density at radius 2 is 0.562 bits per heavy atom. The van der Waals surface area contributed by atoms with Crippen molar-refractivity contribution in [1.29, 1.82) is 0 Å². The van der Waals surface area contributed by atoms with Gasteiger partial charge in [0.2, 0.25) is 0 Å². The molecule has 0 aliphatic heterocycles. The van der Waals surface area contributed by atoms with E-state index in [-0.39, 0.29) is 188 Å². The number of hydrogen-bond acceptors (Lipinski definition) is 20. The summed E-state index contributed by atoms with van der Waals surface area (Å²) in [5.74, 6) is -2.41. The fraction of sp³-hybridized carbons (Fsp3) is 0.333. The Labute approximate surface area is 500 Å². The van der Waals surface area contributed by atoms with Gasteiger partial charge in [-0.25, -0.2) is 25.1 Å². The van der Waals surface area contributed by atoms with Gasteiger partial charge in [-0.15, -0.1) is 0 Å². The average Bonchev–Trinajstić information content (AvgIpc) is 3.07. The quantitative estimate of drug-likeness (QED) is 0.0279. The minimum atomic E-state index is -5.34. The molecule has 0 unspecified atom stereocenters. The van der Waals surface area contributed by atoms with Crippen molar-refractivity contribution >= 4 is 264 Å². The van der Waals surface area contributed by atoms with E-state index in [0.717, 1.165) is 24.3 Å². The van der Waals surface area contributed by atoms with Gasteiger partial charge in [0.25, 0.3) is 11.8 Å². The average molecular weight is 1090 g/mol. The largest absolute Gasteiger partial charge is 0.397 e. The molecular formula is C24H30N2Na6O26S6. The summed E-state index contributed by atoms with van der Waals surface area (Å²) in [7, 11) is -32.0. The molecule has 0 saturated heterocycles. The molecule has 8 N–H and O–H groups in total. The van der Waals surface area contributed by atoms with Gasteiger partial charge in [0.1, 0.15) is 11.1 Å². The van der Waals surface area contributed by atoms with E-state index < -0.39 is 125 Å². The Balaban J connectivity index is -0.00000193. The van der Waals surface area contributed by atoms with Gasteiger partial charge >= 0.3 is 62.4 Å². The molecule has 2 amide bonds. The van der Waals surface area contributed by atoms with E-state index in [4.69, 9.17) is 27.3 Å². The predicted octanol–water partition coefficient (Wildman–Crippen LogP) is -4.57. The zero-order chi connectivity index (χ0) is 44.4. The molecule has 0 spiro atoms. The molecule has 0 aliphatic rings. The summed E-state index contributed by atoms with van der Waals surface area (Å²) in [5, 5.41) is 3.97. The molecule has 0 aromatic heterocycles. The van der Waals surface area contributed by atoms with Gasteiger partial charge in [-0.1, -0.05) is 36.4 Å². The van der Waals surface area contributed by atoms with Crippen LogP contribution in [0.5, 0.6) is 0 Å². The molecule has 2 rings (SSSR count). The van der Waals surface area contributed by atoms with Crippen molar-refractivity contribution in [2.45, 2.75) is 11.1 Å². The van der Waals surface area contributed by atoms with Crippen molar-refractivity contribution < 1.29 is 113 Å². The SMILES string of the molecule is O=C(NC(COS(=O)(=O)O)(COS(=O)(=O)O)COS(=O)(=O)O)c1ccc(/C=C\c2ccc(C(=O)NC(COS(=O)(=O)O)(COS(=O)(=O)O)COS(=O)(=O)O)cc2)cc1.[Na].[Na].[Na].[Na].[Na].[Na]. The second-order valence-corrected chi connectivity index (χ2v) is 17.7. The fourth-order valence-corrected chi connectivity index (χ4v) is 6.15. The Bertz CT molecular complexity index is 2160. The maximum Gasteiger partial charge on any atom is 0.397 e. The third kappa shape index (κ3) is 33.8. The third-order valence-corrected chi connectivity index (χ3v) is 8.97. The van der Waals surface area contributed by atoms with E-state index >= 15 is 0 Å². The van der Waals surface area contributed by atoms with Gasteiger partial charge < -0.3 is 10.6 Å². The minimum absolute atomic E-state index is 0. The smallest absolute Gasteiger partial charge is 0.339 e. The fourth-order valence-electron chi connectivity index (χ4n) is 3.90. The zero-order valence-corrected chi connectivity index (χ0v) is 51.2. The van der Waals surface area contributed by atoms with E-state index in [9.17, 15) is 60.1 Å². The molecular weight excluding hydrogens is 1060 g/mol. The Morgan fingerprint density at radius 3 is 0.719 bits per heavy atom. The minimum Gasteiger partial charge on any atom is -0.339 e. The van der Waals surface area contributed by atoms with Crippen LogP contribution in [0.3, 0.4) is 0 Å². The van der Waals surface area contributed by atoms with Crippen molar-refractivity contribution in [2.24, 2.45) is 0 Å². The first kappa shape index (κ1) is 75.3. The van der Waals surface area contributed by atoms with E-state index in [1.54, 1.807) is 0 Å². The summed E-state index contributed by atoms with van der Waals surface area (Å²) in [6, 6.07) is 9.79. The maximum absolute atomic E-state index is 13.0. The third-order valence-electron chi connectivity index (χ3n) is 6.48. The first-order valence-electron chi connectivity index (χ1n) is 14.4. The second-order valence-electron chi connectivity index (χ2n) is 11.2. The molecule has 6 radical (unpaired) electrons. The number of nitrogens with one attached hydrogen (secondary N) is 2. The van der Waals surface area contributed by atoms with Crippen LogP contribution in [0.2, 0.25) is 0 Å². The van der Waals surface area contributed by atoms with Crippen LogP contribution in [0, 0.1) is 0 Å². The van der Waals surface area contributed by atoms with Gasteiger partial charge in [0, 0.05) is 188 Å². The summed E-state index contributed by atoms with van der Waals surface area (Å²) in [6.07, 6.45) is 2.88. The molecule has 28 nitrogen and oxygen atoms in total. The predicted molar refractivity (Wildman–Crippen MR) is 222 cm³/mol. The monoisotopic (exact) mass is 1090 g/mol. The van der Waals surface area contributed by atoms with Gasteiger partial charge in [-0.2, -0.15) is 50.5 Å². The number of benzene rings is 2. The van der Waals surface area contributed by atoms with Crippen molar-refractivity contribution in [1.82, 2.24) is 10.6 Å².